The molecule has 0 saturated heterocycles. The average molecular weight is 388 g/mol. The molecular weight excluding hydrogens is 371 g/mol. The zero-order valence-electron chi connectivity index (χ0n) is 15.6. The Labute approximate surface area is 166 Å². The van der Waals surface area contributed by atoms with Gasteiger partial charge in [0, 0.05) is 30.1 Å². The van der Waals surface area contributed by atoms with Gasteiger partial charge in [0.25, 0.3) is 0 Å². The Balaban J connectivity index is 1.84. The van der Waals surface area contributed by atoms with E-state index < -0.39 is 11.8 Å². The molecule has 0 radical (unpaired) electrons. The molecule has 4 rings (SSSR count). The van der Waals surface area contributed by atoms with Crippen LogP contribution in [0.1, 0.15) is 21.5 Å². The summed E-state index contributed by atoms with van der Waals surface area (Å²) in [4.78, 5) is 28.9. The van der Waals surface area contributed by atoms with E-state index in [1.807, 2.05) is 34.9 Å². The van der Waals surface area contributed by atoms with Crippen LogP contribution in [0.5, 0.6) is 0 Å². The third kappa shape index (κ3) is 3.52. The number of carbonyl (C=O) groups excluding carboxylic acids is 1. The first kappa shape index (κ1) is 18.6. The fourth-order valence-electron chi connectivity index (χ4n) is 3.27. The van der Waals surface area contributed by atoms with Crippen LogP contribution in [-0.4, -0.2) is 22.6 Å². The Bertz CT molecular complexity index is 1270. The Kier molecular flexibility index (Phi) is 4.91. The summed E-state index contributed by atoms with van der Waals surface area (Å²) in [5, 5.41) is 0.459. The molecule has 29 heavy (non-hydrogen) atoms. The van der Waals surface area contributed by atoms with E-state index >= 15 is 0 Å². The molecular formula is C23H17FN2O3. The van der Waals surface area contributed by atoms with Gasteiger partial charge in [-0.2, -0.15) is 0 Å². The molecule has 0 aliphatic carbocycles. The largest absolute Gasteiger partial charge is 0.465 e. The number of ether oxygens (including phenoxy) is 1. The van der Waals surface area contributed by atoms with Crippen LogP contribution in [0, 0.1) is 5.82 Å². The standard InChI is InChI=1S/C23H17FN2O3/c1-29-23(28)16-10-9-15(20(24)13-16)12-17-14-26(18-6-3-2-4-7-18)22-19(21(17)27)8-5-11-25-22/h2-11,13-14H,12H2,1H3. The number of esters is 1. The van der Waals surface area contributed by atoms with Crippen LogP contribution < -0.4 is 5.43 Å². The zero-order chi connectivity index (χ0) is 20.4. The zero-order valence-corrected chi connectivity index (χ0v) is 15.6. The van der Waals surface area contributed by atoms with E-state index in [0.29, 0.717) is 22.2 Å². The highest BCUT2D eigenvalue weighted by molar-refractivity contribution is 5.89. The highest BCUT2D eigenvalue weighted by Gasteiger charge is 2.15. The monoisotopic (exact) mass is 388 g/mol. The summed E-state index contributed by atoms with van der Waals surface area (Å²) < 4.78 is 21.0. The number of aromatic nitrogens is 2. The highest BCUT2D eigenvalue weighted by Crippen LogP contribution is 2.19. The van der Waals surface area contributed by atoms with E-state index in [1.54, 1.807) is 24.5 Å². The van der Waals surface area contributed by atoms with Gasteiger partial charge in [0.05, 0.1) is 18.1 Å². The Morgan fingerprint density at radius 2 is 1.86 bits per heavy atom. The number of carbonyl (C=O) groups is 1. The maximum Gasteiger partial charge on any atom is 0.337 e. The molecule has 0 N–H and O–H groups in total. The van der Waals surface area contributed by atoms with Crippen LogP contribution in [-0.2, 0) is 11.2 Å². The second-order valence-electron chi connectivity index (χ2n) is 6.54. The van der Waals surface area contributed by atoms with Gasteiger partial charge in [0.15, 0.2) is 5.43 Å². The minimum atomic E-state index is -0.612. The predicted octanol–water partition coefficient (Wildman–Crippen LogP) is 3.90. The Morgan fingerprint density at radius 3 is 2.59 bits per heavy atom. The lowest BCUT2D eigenvalue weighted by Gasteiger charge is -2.13. The molecule has 4 aromatic rings. The smallest absolute Gasteiger partial charge is 0.337 e. The van der Waals surface area contributed by atoms with Crippen molar-refractivity contribution in [1.29, 1.82) is 0 Å². The molecule has 0 fully saturated rings. The van der Waals surface area contributed by atoms with E-state index in [4.69, 9.17) is 0 Å². The van der Waals surface area contributed by atoms with E-state index in [-0.39, 0.29) is 17.4 Å². The normalized spacial score (nSPS) is 10.8. The molecule has 0 amide bonds. The molecule has 0 unspecified atom stereocenters. The molecule has 6 heteroatoms. The molecule has 2 heterocycles. The second-order valence-corrected chi connectivity index (χ2v) is 6.54. The number of para-hydroxylation sites is 1. The van der Waals surface area contributed by atoms with Crippen molar-refractivity contribution in [1.82, 2.24) is 9.55 Å². The SMILES string of the molecule is COC(=O)c1ccc(Cc2cn(-c3ccccc3)c3ncccc3c2=O)c(F)c1. The lowest BCUT2D eigenvalue weighted by Crippen LogP contribution is -2.16. The number of rotatable bonds is 4. The number of halogens is 1. The van der Waals surface area contributed by atoms with Gasteiger partial charge in [-0.3, -0.25) is 4.79 Å². The molecule has 0 aliphatic heterocycles. The summed E-state index contributed by atoms with van der Waals surface area (Å²) >= 11 is 0. The first-order valence-corrected chi connectivity index (χ1v) is 9.00. The number of hydrogen-bond donors (Lipinski definition) is 0. The molecule has 0 spiro atoms. The van der Waals surface area contributed by atoms with Crippen molar-refractivity contribution in [2.75, 3.05) is 7.11 Å². The number of benzene rings is 2. The summed E-state index contributed by atoms with van der Waals surface area (Å²) in [6, 6.07) is 17.0. The molecule has 0 atom stereocenters. The fourth-order valence-corrected chi connectivity index (χ4v) is 3.27. The number of pyridine rings is 2. The molecule has 2 aromatic heterocycles. The summed E-state index contributed by atoms with van der Waals surface area (Å²) in [7, 11) is 1.24. The highest BCUT2D eigenvalue weighted by atomic mass is 19.1. The van der Waals surface area contributed by atoms with E-state index in [9.17, 15) is 14.0 Å². The average Bonchev–Trinajstić information content (AvgIpc) is 2.77. The second kappa shape index (κ2) is 7.67. The maximum absolute atomic E-state index is 14.6. The molecule has 0 aliphatic rings. The lowest BCUT2D eigenvalue weighted by atomic mass is 10.0. The first-order valence-electron chi connectivity index (χ1n) is 9.00. The van der Waals surface area contributed by atoms with Gasteiger partial charge < -0.3 is 9.30 Å². The number of nitrogens with zero attached hydrogens (tertiary/aromatic N) is 2. The first-order chi connectivity index (χ1) is 14.1. The Hall–Kier alpha value is -3.80. The minimum Gasteiger partial charge on any atom is -0.465 e. The van der Waals surface area contributed by atoms with Crippen molar-refractivity contribution < 1.29 is 13.9 Å². The van der Waals surface area contributed by atoms with Crippen molar-refractivity contribution in [2.24, 2.45) is 0 Å². The van der Waals surface area contributed by atoms with Gasteiger partial charge in [-0.25, -0.2) is 14.2 Å². The number of hydrogen-bond acceptors (Lipinski definition) is 4. The molecule has 0 bridgehead atoms. The van der Waals surface area contributed by atoms with Crippen molar-refractivity contribution in [3.8, 4) is 5.69 Å². The van der Waals surface area contributed by atoms with Crippen LogP contribution >= 0.6 is 0 Å². The van der Waals surface area contributed by atoms with Gasteiger partial charge in [0.1, 0.15) is 11.5 Å². The van der Waals surface area contributed by atoms with Gasteiger partial charge in [0.2, 0.25) is 0 Å². The fraction of sp³-hybridized carbons (Fsp3) is 0.0870. The van der Waals surface area contributed by atoms with Crippen LogP contribution in [0.15, 0.2) is 77.9 Å². The van der Waals surface area contributed by atoms with Gasteiger partial charge >= 0.3 is 5.97 Å². The molecule has 0 saturated carbocycles. The topological polar surface area (TPSA) is 61.2 Å². The number of fused-ring (bicyclic) bond motifs is 1. The third-order valence-corrected chi connectivity index (χ3v) is 4.73. The Morgan fingerprint density at radius 1 is 1.07 bits per heavy atom. The van der Waals surface area contributed by atoms with E-state index in [1.165, 1.54) is 19.2 Å². The summed E-state index contributed by atoms with van der Waals surface area (Å²) in [6.07, 6.45) is 3.41. The van der Waals surface area contributed by atoms with Crippen LogP contribution in [0.3, 0.4) is 0 Å². The molecule has 144 valence electrons. The van der Waals surface area contributed by atoms with Gasteiger partial charge in [-0.1, -0.05) is 24.3 Å². The lowest BCUT2D eigenvalue weighted by molar-refractivity contribution is 0.0600. The van der Waals surface area contributed by atoms with Crippen molar-refractivity contribution >= 4 is 17.0 Å². The predicted molar refractivity (Wildman–Crippen MR) is 108 cm³/mol. The van der Waals surface area contributed by atoms with Crippen molar-refractivity contribution in [2.45, 2.75) is 6.42 Å². The molecule has 2 aromatic carbocycles. The van der Waals surface area contributed by atoms with Gasteiger partial charge in [-0.05, 0) is 42.0 Å². The van der Waals surface area contributed by atoms with E-state index in [2.05, 4.69) is 9.72 Å². The number of methoxy groups -OCH3 is 1. The minimum absolute atomic E-state index is 0.0871. The summed E-state index contributed by atoms with van der Waals surface area (Å²) in [6.45, 7) is 0. The third-order valence-electron chi connectivity index (χ3n) is 4.73. The van der Waals surface area contributed by atoms with Crippen LogP contribution in [0.4, 0.5) is 4.39 Å². The van der Waals surface area contributed by atoms with Gasteiger partial charge in [-0.15, -0.1) is 0 Å². The van der Waals surface area contributed by atoms with Crippen molar-refractivity contribution in [3.05, 3.63) is 106 Å². The summed E-state index contributed by atoms with van der Waals surface area (Å²) in [5.41, 5.74) is 2.06. The molecule has 5 nitrogen and oxygen atoms in total. The van der Waals surface area contributed by atoms with Crippen LogP contribution in [0.25, 0.3) is 16.7 Å². The van der Waals surface area contributed by atoms with E-state index in [0.717, 1.165) is 11.8 Å². The van der Waals surface area contributed by atoms with Crippen molar-refractivity contribution in [3.63, 3.8) is 0 Å². The maximum atomic E-state index is 14.6. The quantitative estimate of drug-likeness (QED) is 0.498. The van der Waals surface area contributed by atoms with Crippen LogP contribution in [0.2, 0.25) is 0 Å². The summed E-state index contributed by atoms with van der Waals surface area (Å²) in [5.74, 6) is -1.18.